The Kier molecular flexibility index (Phi) is 8.11. The van der Waals surface area contributed by atoms with Crippen LogP contribution in [0.4, 0.5) is 13.2 Å². The number of rotatable bonds is 9. The Morgan fingerprint density at radius 2 is 1.58 bits per heavy atom. The van der Waals surface area contributed by atoms with Crippen LogP contribution in [0.3, 0.4) is 0 Å². The Hall–Kier alpha value is -3.32. The van der Waals surface area contributed by atoms with Gasteiger partial charge in [0.1, 0.15) is 11.8 Å². The third kappa shape index (κ3) is 6.35. The summed E-state index contributed by atoms with van der Waals surface area (Å²) >= 11 is 0. The maximum atomic E-state index is 13.0. The SMILES string of the molecule is CNC(=O)[C@H](NCC[C@H](c1ccc(C(F)(F)F)cc1)c1cccc(OC)c1)c1ccccc1. The van der Waals surface area contributed by atoms with Crippen molar-refractivity contribution in [2.75, 3.05) is 20.7 Å². The second-order valence-electron chi connectivity index (χ2n) is 7.65. The van der Waals surface area contributed by atoms with Gasteiger partial charge >= 0.3 is 6.18 Å². The standard InChI is InChI=1S/C26H27F3N2O2/c1-30-25(32)24(19-7-4-3-5-8-19)31-16-15-23(20-9-6-10-22(17-20)33-2)18-11-13-21(14-12-18)26(27,28)29/h3-14,17,23-24,31H,15-16H2,1-2H3,(H,30,32)/t23-,24-/m1/s1. The molecule has 2 atom stereocenters. The number of hydrogen-bond acceptors (Lipinski definition) is 3. The summed E-state index contributed by atoms with van der Waals surface area (Å²) in [6.07, 6.45) is -3.82. The number of benzene rings is 3. The highest BCUT2D eigenvalue weighted by Gasteiger charge is 2.30. The second-order valence-corrected chi connectivity index (χ2v) is 7.65. The third-order valence-corrected chi connectivity index (χ3v) is 5.56. The zero-order chi connectivity index (χ0) is 23.8. The smallest absolute Gasteiger partial charge is 0.416 e. The van der Waals surface area contributed by atoms with E-state index >= 15 is 0 Å². The first-order valence-electron chi connectivity index (χ1n) is 10.6. The van der Waals surface area contributed by atoms with Crippen LogP contribution in [0.1, 0.15) is 40.6 Å². The predicted octanol–water partition coefficient (Wildman–Crippen LogP) is 5.31. The number of methoxy groups -OCH3 is 1. The lowest BCUT2D eigenvalue weighted by Crippen LogP contribution is -2.36. The Morgan fingerprint density at radius 1 is 0.909 bits per heavy atom. The van der Waals surface area contributed by atoms with Gasteiger partial charge in [0.2, 0.25) is 5.91 Å². The lowest BCUT2D eigenvalue weighted by atomic mass is 9.87. The molecular weight excluding hydrogens is 429 g/mol. The number of alkyl halides is 3. The normalized spacial score (nSPS) is 13.2. The molecule has 1 amide bonds. The number of amides is 1. The molecule has 0 unspecified atom stereocenters. The van der Waals surface area contributed by atoms with Crippen molar-refractivity contribution < 1.29 is 22.7 Å². The molecule has 0 aromatic heterocycles. The van der Waals surface area contributed by atoms with Crippen molar-refractivity contribution in [3.63, 3.8) is 0 Å². The minimum atomic E-state index is -4.39. The third-order valence-electron chi connectivity index (χ3n) is 5.56. The summed E-state index contributed by atoms with van der Waals surface area (Å²) < 4.78 is 44.5. The molecular formula is C26H27F3N2O2. The summed E-state index contributed by atoms with van der Waals surface area (Å²) in [5, 5.41) is 5.97. The van der Waals surface area contributed by atoms with Crippen molar-refractivity contribution in [1.29, 1.82) is 0 Å². The van der Waals surface area contributed by atoms with Crippen molar-refractivity contribution >= 4 is 5.91 Å². The fourth-order valence-corrected chi connectivity index (χ4v) is 3.81. The number of halogens is 3. The molecule has 0 heterocycles. The van der Waals surface area contributed by atoms with Crippen LogP contribution in [0.5, 0.6) is 5.75 Å². The summed E-state index contributed by atoms with van der Waals surface area (Å²) in [4.78, 5) is 12.4. The van der Waals surface area contributed by atoms with Gasteiger partial charge < -0.3 is 15.4 Å². The van der Waals surface area contributed by atoms with E-state index in [1.54, 1.807) is 14.2 Å². The van der Waals surface area contributed by atoms with Crippen molar-refractivity contribution in [2.24, 2.45) is 0 Å². The van der Waals surface area contributed by atoms with Gasteiger partial charge in [0.25, 0.3) is 0 Å². The molecule has 3 aromatic rings. The highest BCUT2D eigenvalue weighted by atomic mass is 19.4. The Morgan fingerprint density at radius 3 is 2.18 bits per heavy atom. The van der Waals surface area contributed by atoms with E-state index in [4.69, 9.17) is 4.74 Å². The zero-order valence-electron chi connectivity index (χ0n) is 18.5. The average molecular weight is 457 g/mol. The van der Waals surface area contributed by atoms with E-state index in [1.165, 1.54) is 12.1 Å². The fourth-order valence-electron chi connectivity index (χ4n) is 3.81. The summed E-state index contributed by atoms with van der Waals surface area (Å²) in [5.74, 6) is 0.328. The lowest BCUT2D eigenvalue weighted by Gasteiger charge is -2.22. The minimum Gasteiger partial charge on any atom is -0.497 e. The van der Waals surface area contributed by atoms with Gasteiger partial charge in [-0.25, -0.2) is 0 Å². The summed E-state index contributed by atoms with van der Waals surface area (Å²) in [6, 6.07) is 21.6. The molecule has 0 spiro atoms. The van der Waals surface area contributed by atoms with Crippen molar-refractivity contribution in [2.45, 2.75) is 24.6 Å². The van der Waals surface area contributed by atoms with Crippen molar-refractivity contribution in [1.82, 2.24) is 10.6 Å². The number of ether oxygens (including phenoxy) is 1. The highest BCUT2D eigenvalue weighted by Crippen LogP contribution is 2.34. The molecule has 0 bridgehead atoms. The first-order chi connectivity index (χ1) is 15.8. The monoisotopic (exact) mass is 456 g/mol. The Labute approximate surface area is 191 Å². The largest absolute Gasteiger partial charge is 0.497 e. The van der Waals surface area contributed by atoms with Crippen LogP contribution < -0.4 is 15.4 Å². The molecule has 4 nitrogen and oxygen atoms in total. The van der Waals surface area contributed by atoms with E-state index in [-0.39, 0.29) is 11.8 Å². The zero-order valence-corrected chi connectivity index (χ0v) is 18.5. The molecule has 174 valence electrons. The molecule has 0 aliphatic rings. The van der Waals surface area contributed by atoms with Crippen LogP contribution in [0.15, 0.2) is 78.9 Å². The predicted molar refractivity (Wildman–Crippen MR) is 122 cm³/mol. The van der Waals surface area contributed by atoms with Crippen LogP contribution in [-0.2, 0) is 11.0 Å². The van der Waals surface area contributed by atoms with Gasteiger partial charge in [-0.1, -0.05) is 54.6 Å². The van der Waals surface area contributed by atoms with E-state index < -0.39 is 17.8 Å². The molecule has 2 N–H and O–H groups in total. The lowest BCUT2D eigenvalue weighted by molar-refractivity contribution is -0.137. The maximum absolute atomic E-state index is 13.0. The van der Waals surface area contributed by atoms with Gasteiger partial charge in [0.05, 0.1) is 12.7 Å². The first-order valence-corrected chi connectivity index (χ1v) is 10.6. The number of likely N-dealkylation sites (N-methyl/N-ethyl adjacent to an activating group) is 1. The van der Waals surface area contributed by atoms with Gasteiger partial charge in [-0.3, -0.25) is 4.79 Å². The number of carbonyl (C=O) groups is 1. The molecule has 0 radical (unpaired) electrons. The van der Waals surface area contributed by atoms with Gasteiger partial charge in [-0.2, -0.15) is 13.2 Å². The second kappa shape index (κ2) is 11.0. The molecule has 3 aromatic carbocycles. The Balaban J connectivity index is 1.84. The molecule has 0 aliphatic heterocycles. The number of nitrogens with one attached hydrogen (secondary N) is 2. The quantitative estimate of drug-likeness (QED) is 0.459. The number of hydrogen-bond donors (Lipinski definition) is 2. The molecule has 7 heteroatoms. The Bertz CT molecular complexity index is 1040. The molecule has 0 saturated heterocycles. The van der Waals surface area contributed by atoms with Gasteiger partial charge in [0.15, 0.2) is 0 Å². The van der Waals surface area contributed by atoms with Crippen LogP contribution in [0, 0.1) is 0 Å². The molecule has 33 heavy (non-hydrogen) atoms. The highest BCUT2D eigenvalue weighted by molar-refractivity contribution is 5.82. The fraction of sp³-hybridized carbons (Fsp3) is 0.269. The number of carbonyl (C=O) groups excluding carboxylic acids is 1. The van der Waals surface area contributed by atoms with E-state index in [2.05, 4.69) is 10.6 Å². The van der Waals surface area contributed by atoms with E-state index in [0.717, 1.165) is 28.8 Å². The van der Waals surface area contributed by atoms with Crippen LogP contribution in [-0.4, -0.2) is 26.6 Å². The van der Waals surface area contributed by atoms with Gasteiger partial charge in [-0.05, 0) is 53.9 Å². The first kappa shape index (κ1) is 24.3. The van der Waals surface area contributed by atoms with Gasteiger partial charge in [-0.15, -0.1) is 0 Å². The van der Waals surface area contributed by atoms with Crippen molar-refractivity contribution in [3.05, 3.63) is 101 Å². The van der Waals surface area contributed by atoms with Crippen LogP contribution in [0.2, 0.25) is 0 Å². The van der Waals surface area contributed by atoms with E-state index in [1.807, 2.05) is 54.6 Å². The summed E-state index contributed by atoms with van der Waals surface area (Å²) in [7, 11) is 3.16. The average Bonchev–Trinajstić information content (AvgIpc) is 2.84. The topological polar surface area (TPSA) is 50.4 Å². The van der Waals surface area contributed by atoms with E-state index in [0.29, 0.717) is 18.7 Å². The summed E-state index contributed by atoms with van der Waals surface area (Å²) in [5.41, 5.74) is 1.84. The molecule has 0 fully saturated rings. The molecule has 0 saturated carbocycles. The van der Waals surface area contributed by atoms with E-state index in [9.17, 15) is 18.0 Å². The van der Waals surface area contributed by atoms with Gasteiger partial charge in [0, 0.05) is 13.0 Å². The van der Waals surface area contributed by atoms with Crippen molar-refractivity contribution in [3.8, 4) is 5.75 Å². The minimum absolute atomic E-state index is 0.159. The maximum Gasteiger partial charge on any atom is 0.416 e. The van der Waals surface area contributed by atoms with Crippen LogP contribution in [0.25, 0.3) is 0 Å². The molecule has 3 rings (SSSR count). The summed E-state index contributed by atoms with van der Waals surface area (Å²) in [6.45, 7) is 0.468. The van der Waals surface area contributed by atoms with Crippen LogP contribution >= 0.6 is 0 Å². The molecule has 0 aliphatic carbocycles.